The van der Waals surface area contributed by atoms with E-state index in [9.17, 15) is 14.4 Å². The number of unbranched alkanes of at least 4 members (excludes halogenated alkanes) is 9. The Morgan fingerprint density at radius 3 is 0.716 bits per heavy atom. The van der Waals surface area contributed by atoms with E-state index in [2.05, 4.69) is 227 Å². The molecular weight excluding hydrogens is 997 g/mol. The van der Waals surface area contributed by atoms with Gasteiger partial charge in [0.1, 0.15) is 13.2 Å². The SMILES string of the molecule is CC/C=C\C/C=C\C/C=C\C/C=C\C/C=C\C/C=C\C/C=C\CCCCCCCC(=O)OCC(COC(=O)CCCC/C=C\C/C=C\C/C=C\C/C=C\CC)OC(=O)CCCC/C=C\C/C=C\C/C=C\C/C=C\C/C=C\C/C=C\CC. The van der Waals surface area contributed by atoms with Crippen molar-refractivity contribution in [2.75, 3.05) is 13.2 Å². The predicted molar refractivity (Wildman–Crippen MR) is 352 cm³/mol. The summed E-state index contributed by atoms with van der Waals surface area (Å²) < 4.78 is 16.8. The van der Waals surface area contributed by atoms with Crippen LogP contribution in [0.3, 0.4) is 0 Å². The molecule has 1 atom stereocenters. The predicted octanol–water partition coefficient (Wildman–Crippen LogP) is 22.0. The lowest BCUT2D eigenvalue weighted by Gasteiger charge is -2.18. The number of carbonyl (C=O) groups is 3. The zero-order valence-corrected chi connectivity index (χ0v) is 51.2. The molecule has 448 valence electrons. The maximum atomic E-state index is 12.9. The summed E-state index contributed by atoms with van der Waals surface area (Å²) in [7, 11) is 0. The summed E-state index contributed by atoms with van der Waals surface area (Å²) in [5, 5.41) is 0. The van der Waals surface area contributed by atoms with E-state index in [1.807, 2.05) is 0 Å². The largest absolute Gasteiger partial charge is 0.462 e. The van der Waals surface area contributed by atoms with E-state index in [1.165, 1.54) is 0 Å². The van der Waals surface area contributed by atoms with E-state index in [0.29, 0.717) is 19.3 Å². The quantitative estimate of drug-likeness (QED) is 0.0261. The Kier molecular flexibility index (Phi) is 61.6. The minimum absolute atomic E-state index is 0.132. The lowest BCUT2D eigenvalue weighted by atomic mass is 10.1. The molecular formula is C75H112O6. The van der Waals surface area contributed by atoms with Crippen LogP contribution in [0.1, 0.15) is 226 Å². The standard InChI is InChI=1S/C75H112O6/c1-4-7-10-13-16-19-22-25-28-30-32-34-35-36-37-38-39-41-42-44-47-50-53-56-59-62-65-68-74(77)80-71-72(70-79-73(76)67-64-61-58-55-52-49-46-27-24-21-18-15-12-9-6-3)81-75(78)69-66-63-60-57-54-51-48-45-43-40-33-31-29-26-23-20-17-14-11-8-5-2/h7-12,16-21,25-29,32-34,36-37,39-41,44-48,52,54-55,57,72H,4-6,13-15,22-24,30-31,35,38,42-43,49-51,53,56,58-71H2,1-3H3/b10-7-,11-8-,12-9-,19-16-,20-17-,21-18-,28-25-,29-26-,34-32-,37-36-,40-33-,41-39-,46-27-,47-44-,48-45-,55-52-,57-54-. The van der Waals surface area contributed by atoms with Gasteiger partial charge in [-0.3, -0.25) is 14.4 Å². The summed E-state index contributed by atoms with van der Waals surface area (Å²) in [5.41, 5.74) is 0. The second-order valence-corrected chi connectivity index (χ2v) is 19.8. The highest BCUT2D eigenvalue weighted by Gasteiger charge is 2.19. The van der Waals surface area contributed by atoms with Crippen LogP contribution in [0.4, 0.5) is 0 Å². The van der Waals surface area contributed by atoms with Gasteiger partial charge in [0.2, 0.25) is 0 Å². The van der Waals surface area contributed by atoms with Crippen molar-refractivity contribution in [1.29, 1.82) is 0 Å². The molecule has 81 heavy (non-hydrogen) atoms. The molecule has 0 aromatic heterocycles. The lowest BCUT2D eigenvalue weighted by Crippen LogP contribution is -2.30. The van der Waals surface area contributed by atoms with Crippen molar-refractivity contribution in [2.45, 2.75) is 232 Å². The smallest absolute Gasteiger partial charge is 0.306 e. The Morgan fingerprint density at radius 2 is 0.444 bits per heavy atom. The molecule has 6 nitrogen and oxygen atoms in total. The van der Waals surface area contributed by atoms with Crippen molar-refractivity contribution in [3.05, 3.63) is 207 Å². The first-order valence-corrected chi connectivity index (χ1v) is 31.6. The number of hydrogen-bond acceptors (Lipinski definition) is 6. The van der Waals surface area contributed by atoms with E-state index in [1.54, 1.807) is 0 Å². The summed E-state index contributed by atoms with van der Waals surface area (Å²) in [6, 6.07) is 0. The maximum Gasteiger partial charge on any atom is 0.306 e. The van der Waals surface area contributed by atoms with Crippen LogP contribution in [0.15, 0.2) is 207 Å². The second-order valence-electron chi connectivity index (χ2n) is 19.8. The lowest BCUT2D eigenvalue weighted by molar-refractivity contribution is -0.167. The number of rotatable bonds is 54. The van der Waals surface area contributed by atoms with Gasteiger partial charge in [0.05, 0.1) is 0 Å². The van der Waals surface area contributed by atoms with Gasteiger partial charge in [-0.05, 0) is 167 Å². The number of hydrogen-bond donors (Lipinski definition) is 0. The third-order valence-electron chi connectivity index (χ3n) is 12.3. The van der Waals surface area contributed by atoms with Gasteiger partial charge in [0, 0.05) is 19.3 Å². The fourth-order valence-corrected chi connectivity index (χ4v) is 7.65. The van der Waals surface area contributed by atoms with Crippen LogP contribution in [0.25, 0.3) is 0 Å². The Labute approximate surface area is 496 Å². The highest BCUT2D eigenvalue weighted by atomic mass is 16.6. The van der Waals surface area contributed by atoms with Crippen LogP contribution in [-0.4, -0.2) is 37.2 Å². The first-order valence-electron chi connectivity index (χ1n) is 31.6. The fourth-order valence-electron chi connectivity index (χ4n) is 7.65. The molecule has 0 aromatic rings. The summed E-state index contributed by atoms with van der Waals surface area (Å²) in [5.74, 6) is -1.05. The molecule has 6 heteroatoms. The summed E-state index contributed by atoms with van der Waals surface area (Å²) in [6.45, 7) is 6.19. The van der Waals surface area contributed by atoms with Gasteiger partial charge in [0.15, 0.2) is 6.10 Å². The van der Waals surface area contributed by atoms with Crippen molar-refractivity contribution in [3.8, 4) is 0 Å². The normalized spacial score (nSPS) is 13.6. The third kappa shape index (κ3) is 64.7. The molecule has 0 spiro atoms. The number of esters is 3. The molecule has 0 aliphatic carbocycles. The van der Waals surface area contributed by atoms with E-state index >= 15 is 0 Å². The number of carbonyl (C=O) groups excluding carboxylic acids is 3. The molecule has 1 unspecified atom stereocenters. The minimum atomic E-state index is -0.842. The summed E-state index contributed by atoms with van der Waals surface area (Å²) in [4.78, 5) is 38.3. The molecule has 0 amide bonds. The van der Waals surface area contributed by atoms with Gasteiger partial charge in [-0.2, -0.15) is 0 Å². The first kappa shape index (κ1) is 75.0. The van der Waals surface area contributed by atoms with Gasteiger partial charge in [0.25, 0.3) is 0 Å². The summed E-state index contributed by atoms with van der Waals surface area (Å²) >= 11 is 0. The molecule has 0 heterocycles. The van der Waals surface area contributed by atoms with E-state index in [-0.39, 0.29) is 44.0 Å². The van der Waals surface area contributed by atoms with Gasteiger partial charge < -0.3 is 14.2 Å². The Balaban J connectivity index is 4.57. The first-order chi connectivity index (χ1) is 40.0. The number of allylic oxidation sites excluding steroid dienone is 34. The molecule has 0 aliphatic heterocycles. The minimum Gasteiger partial charge on any atom is -0.462 e. The van der Waals surface area contributed by atoms with Crippen LogP contribution in [0.5, 0.6) is 0 Å². The van der Waals surface area contributed by atoms with E-state index in [0.717, 1.165) is 173 Å². The molecule has 0 rings (SSSR count). The molecule has 0 fully saturated rings. The number of ether oxygens (including phenoxy) is 3. The van der Waals surface area contributed by atoms with Gasteiger partial charge in [-0.15, -0.1) is 0 Å². The van der Waals surface area contributed by atoms with Crippen LogP contribution < -0.4 is 0 Å². The molecule has 0 bridgehead atoms. The zero-order valence-electron chi connectivity index (χ0n) is 51.2. The van der Waals surface area contributed by atoms with Gasteiger partial charge in [-0.25, -0.2) is 0 Å². The van der Waals surface area contributed by atoms with Crippen LogP contribution in [-0.2, 0) is 28.6 Å². The average Bonchev–Trinajstić information content (AvgIpc) is 3.47. The fraction of sp³-hybridized carbons (Fsp3) is 0.507. The second kappa shape index (κ2) is 66.5. The van der Waals surface area contributed by atoms with Gasteiger partial charge >= 0.3 is 17.9 Å². The van der Waals surface area contributed by atoms with E-state index < -0.39 is 6.10 Å². The van der Waals surface area contributed by atoms with Crippen molar-refractivity contribution in [1.82, 2.24) is 0 Å². The monoisotopic (exact) mass is 1110 g/mol. The molecule has 0 aromatic carbocycles. The van der Waals surface area contributed by atoms with Crippen molar-refractivity contribution >= 4 is 17.9 Å². The van der Waals surface area contributed by atoms with Gasteiger partial charge in [-0.1, -0.05) is 247 Å². The molecule has 0 N–H and O–H groups in total. The molecule has 0 radical (unpaired) electrons. The van der Waals surface area contributed by atoms with Crippen molar-refractivity contribution in [3.63, 3.8) is 0 Å². The molecule has 0 aliphatic rings. The highest BCUT2D eigenvalue weighted by Crippen LogP contribution is 2.12. The van der Waals surface area contributed by atoms with Crippen LogP contribution in [0, 0.1) is 0 Å². The average molecular weight is 1110 g/mol. The maximum absolute atomic E-state index is 12.9. The van der Waals surface area contributed by atoms with Crippen LogP contribution in [0.2, 0.25) is 0 Å². The topological polar surface area (TPSA) is 78.9 Å². The van der Waals surface area contributed by atoms with Crippen molar-refractivity contribution < 1.29 is 28.6 Å². The summed E-state index contributed by atoms with van der Waals surface area (Å²) in [6.07, 6.45) is 103. The van der Waals surface area contributed by atoms with Crippen LogP contribution >= 0.6 is 0 Å². The Hall–Kier alpha value is -6.01. The molecule has 0 saturated carbocycles. The van der Waals surface area contributed by atoms with Crippen molar-refractivity contribution in [2.24, 2.45) is 0 Å². The Morgan fingerprint density at radius 1 is 0.247 bits per heavy atom. The third-order valence-corrected chi connectivity index (χ3v) is 12.3. The van der Waals surface area contributed by atoms with E-state index in [4.69, 9.17) is 14.2 Å². The Bertz CT molecular complexity index is 2000. The zero-order chi connectivity index (χ0) is 58.5. The highest BCUT2D eigenvalue weighted by molar-refractivity contribution is 5.71. The molecule has 0 saturated heterocycles.